The van der Waals surface area contributed by atoms with Gasteiger partial charge < -0.3 is 15.2 Å². The highest BCUT2D eigenvalue weighted by Gasteiger charge is 2.00. The Morgan fingerprint density at radius 3 is 2.93 bits per heavy atom. The molecule has 5 nitrogen and oxygen atoms in total. The standard InChI is InChI=1S/C10H15N3O2/c1-2-14-6-7-15-9-5-3-4-8(13-9)10(11)12/h3-5H,2,6-7H2,1H3,(H3,11,12). The lowest BCUT2D eigenvalue weighted by Crippen LogP contribution is -2.14. The molecule has 0 saturated heterocycles. The van der Waals surface area contributed by atoms with Crippen LogP contribution in [0.5, 0.6) is 5.88 Å². The molecule has 0 aromatic carbocycles. The normalized spacial score (nSPS) is 9.93. The third kappa shape index (κ3) is 3.95. The summed E-state index contributed by atoms with van der Waals surface area (Å²) in [4.78, 5) is 4.04. The van der Waals surface area contributed by atoms with E-state index in [1.165, 1.54) is 0 Å². The molecule has 3 N–H and O–H groups in total. The van der Waals surface area contributed by atoms with Gasteiger partial charge in [-0.2, -0.15) is 0 Å². The summed E-state index contributed by atoms with van der Waals surface area (Å²) in [6.07, 6.45) is 0. The van der Waals surface area contributed by atoms with Crippen LogP contribution >= 0.6 is 0 Å². The van der Waals surface area contributed by atoms with Crippen LogP contribution in [0.1, 0.15) is 12.6 Å². The maximum atomic E-state index is 7.21. The Kier molecular flexibility index (Phi) is 4.56. The number of nitrogen functional groups attached to an aromatic ring is 1. The van der Waals surface area contributed by atoms with Gasteiger partial charge in [0.05, 0.1) is 6.61 Å². The number of ether oxygens (including phenoxy) is 2. The fourth-order valence-corrected chi connectivity index (χ4v) is 0.995. The summed E-state index contributed by atoms with van der Waals surface area (Å²) in [5, 5.41) is 7.21. The first kappa shape index (κ1) is 11.5. The number of hydrogen-bond acceptors (Lipinski definition) is 4. The van der Waals surface area contributed by atoms with Gasteiger partial charge in [-0.1, -0.05) is 6.07 Å². The van der Waals surface area contributed by atoms with Gasteiger partial charge in [-0.25, -0.2) is 4.98 Å². The maximum absolute atomic E-state index is 7.21. The summed E-state index contributed by atoms with van der Waals surface area (Å²) in [6.45, 7) is 3.57. The Morgan fingerprint density at radius 2 is 2.27 bits per heavy atom. The van der Waals surface area contributed by atoms with E-state index in [2.05, 4.69) is 4.98 Å². The van der Waals surface area contributed by atoms with Crippen LogP contribution in [0.2, 0.25) is 0 Å². The molecule has 1 rings (SSSR count). The second kappa shape index (κ2) is 5.98. The van der Waals surface area contributed by atoms with Crippen molar-refractivity contribution in [2.24, 2.45) is 5.73 Å². The van der Waals surface area contributed by atoms with Crippen molar-refractivity contribution >= 4 is 5.84 Å². The topological polar surface area (TPSA) is 81.2 Å². The van der Waals surface area contributed by atoms with Crippen LogP contribution in [-0.2, 0) is 4.74 Å². The fourth-order valence-electron chi connectivity index (χ4n) is 0.995. The maximum Gasteiger partial charge on any atom is 0.213 e. The number of nitrogens with one attached hydrogen (secondary N) is 1. The van der Waals surface area contributed by atoms with Gasteiger partial charge in [-0.15, -0.1) is 0 Å². The summed E-state index contributed by atoms with van der Waals surface area (Å²) in [6, 6.07) is 5.13. The van der Waals surface area contributed by atoms with Crippen molar-refractivity contribution in [3.63, 3.8) is 0 Å². The highest BCUT2D eigenvalue weighted by atomic mass is 16.5. The molecular weight excluding hydrogens is 194 g/mol. The summed E-state index contributed by atoms with van der Waals surface area (Å²) in [5.41, 5.74) is 5.72. The predicted octanol–water partition coefficient (Wildman–Crippen LogP) is 0.781. The smallest absolute Gasteiger partial charge is 0.213 e. The molecular formula is C10H15N3O2. The first-order chi connectivity index (χ1) is 7.24. The molecule has 0 saturated carbocycles. The van der Waals surface area contributed by atoms with E-state index in [1.54, 1.807) is 18.2 Å². The van der Waals surface area contributed by atoms with Crippen LogP contribution in [0.3, 0.4) is 0 Å². The molecule has 1 aromatic heterocycles. The van der Waals surface area contributed by atoms with Crippen LogP contribution in [0.15, 0.2) is 18.2 Å². The number of hydrogen-bond donors (Lipinski definition) is 2. The number of rotatable bonds is 6. The molecule has 1 aromatic rings. The Morgan fingerprint density at radius 1 is 1.47 bits per heavy atom. The Bertz CT molecular complexity index is 328. The Hall–Kier alpha value is -1.62. The first-order valence-corrected chi connectivity index (χ1v) is 4.76. The summed E-state index contributed by atoms with van der Waals surface area (Å²) >= 11 is 0. The third-order valence-electron chi connectivity index (χ3n) is 1.68. The number of nitrogens with zero attached hydrogens (tertiary/aromatic N) is 1. The molecule has 82 valence electrons. The largest absolute Gasteiger partial charge is 0.475 e. The van der Waals surface area contributed by atoms with E-state index in [9.17, 15) is 0 Å². The van der Waals surface area contributed by atoms with Crippen LogP contribution in [0, 0.1) is 5.41 Å². The third-order valence-corrected chi connectivity index (χ3v) is 1.68. The minimum Gasteiger partial charge on any atom is -0.475 e. The fraction of sp³-hybridized carbons (Fsp3) is 0.400. The molecule has 0 bridgehead atoms. The zero-order chi connectivity index (χ0) is 11.1. The lowest BCUT2D eigenvalue weighted by molar-refractivity contribution is 0.108. The van der Waals surface area contributed by atoms with Crippen LogP contribution < -0.4 is 10.5 Å². The summed E-state index contributed by atoms with van der Waals surface area (Å²) in [5.74, 6) is 0.396. The van der Waals surface area contributed by atoms with E-state index in [4.69, 9.17) is 20.6 Å². The molecule has 15 heavy (non-hydrogen) atoms. The van der Waals surface area contributed by atoms with Gasteiger partial charge >= 0.3 is 0 Å². The van der Waals surface area contributed by atoms with Crippen LogP contribution in [0.25, 0.3) is 0 Å². The molecule has 0 radical (unpaired) electrons. The van der Waals surface area contributed by atoms with E-state index >= 15 is 0 Å². The number of amidine groups is 1. The molecule has 0 spiro atoms. The average molecular weight is 209 g/mol. The monoisotopic (exact) mass is 209 g/mol. The average Bonchev–Trinajstić information content (AvgIpc) is 2.25. The van der Waals surface area contributed by atoms with Crippen molar-refractivity contribution in [2.75, 3.05) is 19.8 Å². The molecule has 0 aliphatic heterocycles. The van der Waals surface area contributed by atoms with E-state index in [-0.39, 0.29) is 5.84 Å². The molecule has 0 fully saturated rings. The first-order valence-electron chi connectivity index (χ1n) is 4.76. The quantitative estimate of drug-likeness (QED) is 0.412. The van der Waals surface area contributed by atoms with Gasteiger partial charge in [-0.3, -0.25) is 5.41 Å². The lowest BCUT2D eigenvalue weighted by atomic mass is 10.3. The van der Waals surface area contributed by atoms with Crippen molar-refractivity contribution in [1.29, 1.82) is 5.41 Å². The van der Waals surface area contributed by atoms with Gasteiger partial charge in [0.25, 0.3) is 0 Å². The van der Waals surface area contributed by atoms with E-state index in [0.29, 0.717) is 31.4 Å². The minimum absolute atomic E-state index is 0.0646. The second-order valence-corrected chi connectivity index (χ2v) is 2.82. The van der Waals surface area contributed by atoms with E-state index < -0.39 is 0 Å². The van der Waals surface area contributed by atoms with Gasteiger partial charge in [0, 0.05) is 12.7 Å². The Labute approximate surface area is 88.7 Å². The summed E-state index contributed by atoms with van der Waals surface area (Å²) < 4.78 is 10.4. The van der Waals surface area contributed by atoms with E-state index in [0.717, 1.165) is 0 Å². The number of nitrogens with two attached hydrogens (primary N) is 1. The van der Waals surface area contributed by atoms with Crippen molar-refractivity contribution in [1.82, 2.24) is 4.98 Å². The Balaban J connectivity index is 2.47. The number of aromatic nitrogens is 1. The van der Waals surface area contributed by atoms with E-state index in [1.807, 2.05) is 6.92 Å². The minimum atomic E-state index is -0.0646. The van der Waals surface area contributed by atoms with Crippen molar-refractivity contribution in [3.8, 4) is 5.88 Å². The van der Waals surface area contributed by atoms with Crippen LogP contribution in [-0.4, -0.2) is 30.6 Å². The predicted molar refractivity (Wildman–Crippen MR) is 57.2 cm³/mol. The molecule has 0 atom stereocenters. The zero-order valence-corrected chi connectivity index (χ0v) is 8.69. The SMILES string of the molecule is CCOCCOc1cccc(C(=N)N)n1. The molecule has 0 aliphatic carbocycles. The lowest BCUT2D eigenvalue weighted by Gasteiger charge is -2.06. The van der Waals surface area contributed by atoms with Crippen molar-refractivity contribution < 1.29 is 9.47 Å². The van der Waals surface area contributed by atoms with Gasteiger partial charge in [-0.05, 0) is 13.0 Å². The van der Waals surface area contributed by atoms with Crippen LogP contribution in [0.4, 0.5) is 0 Å². The highest BCUT2D eigenvalue weighted by Crippen LogP contribution is 2.06. The van der Waals surface area contributed by atoms with Crippen molar-refractivity contribution in [2.45, 2.75) is 6.92 Å². The molecule has 0 amide bonds. The molecule has 0 aliphatic rings. The van der Waals surface area contributed by atoms with Gasteiger partial charge in [0.2, 0.25) is 5.88 Å². The van der Waals surface area contributed by atoms with Crippen molar-refractivity contribution in [3.05, 3.63) is 23.9 Å². The summed E-state index contributed by atoms with van der Waals surface area (Å²) in [7, 11) is 0. The van der Waals surface area contributed by atoms with Gasteiger partial charge in [0.15, 0.2) is 0 Å². The zero-order valence-electron chi connectivity index (χ0n) is 8.69. The highest BCUT2D eigenvalue weighted by molar-refractivity contribution is 5.93. The van der Waals surface area contributed by atoms with Gasteiger partial charge in [0.1, 0.15) is 18.1 Å². The molecule has 0 unspecified atom stereocenters. The number of pyridine rings is 1. The second-order valence-electron chi connectivity index (χ2n) is 2.82. The molecule has 1 heterocycles. The molecule has 5 heteroatoms.